The van der Waals surface area contributed by atoms with Crippen LogP contribution in [-0.2, 0) is 24.4 Å². The summed E-state index contributed by atoms with van der Waals surface area (Å²) in [5, 5.41) is 7.43. The van der Waals surface area contributed by atoms with Crippen molar-refractivity contribution in [1.29, 1.82) is 0 Å². The van der Waals surface area contributed by atoms with Gasteiger partial charge in [-0.15, -0.1) is 0 Å². The molecule has 2 aromatic carbocycles. The summed E-state index contributed by atoms with van der Waals surface area (Å²) in [5.74, 6) is 2.03. The molecule has 1 aromatic heterocycles. The van der Waals surface area contributed by atoms with Crippen molar-refractivity contribution in [3.63, 3.8) is 0 Å². The van der Waals surface area contributed by atoms with Gasteiger partial charge >= 0.3 is 0 Å². The Morgan fingerprint density at radius 3 is 3.00 bits per heavy atom. The quantitative estimate of drug-likeness (QED) is 0.658. The van der Waals surface area contributed by atoms with E-state index in [4.69, 9.17) is 18.9 Å². The average Bonchev–Trinajstić information content (AvgIpc) is 3.43. The summed E-state index contributed by atoms with van der Waals surface area (Å²) in [6.45, 7) is 4.09. The van der Waals surface area contributed by atoms with Gasteiger partial charge in [0.1, 0.15) is 11.9 Å². The van der Waals surface area contributed by atoms with Crippen molar-refractivity contribution in [2.24, 2.45) is 0 Å². The minimum absolute atomic E-state index is 0.167. The van der Waals surface area contributed by atoms with Crippen molar-refractivity contribution in [3.05, 3.63) is 71.0 Å². The number of nitrogens with zero attached hydrogens (tertiary/aromatic N) is 2. The molecule has 8 nitrogen and oxygen atoms in total. The third kappa shape index (κ3) is 4.06. The largest absolute Gasteiger partial charge is 0.494 e. The van der Waals surface area contributed by atoms with Crippen LogP contribution < -0.4 is 19.5 Å². The van der Waals surface area contributed by atoms with E-state index >= 15 is 0 Å². The van der Waals surface area contributed by atoms with Crippen LogP contribution in [0.15, 0.2) is 48.5 Å². The second kappa shape index (κ2) is 8.31. The molecular weight excluding hydrogens is 398 g/mol. The van der Waals surface area contributed by atoms with Gasteiger partial charge in [0.05, 0.1) is 25.5 Å². The molecule has 0 radical (unpaired) electrons. The van der Waals surface area contributed by atoms with Gasteiger partial charge in [-0.3, -0.25) is 9.48 Å². The van der Waals surface area contributed by atoms with Crippen molar-refractivity contribution < 1.29 is 23.7 Å². The minimum Gasteiger partial charge on any atom is -0.494 e. The van der Waals surface area contributed by atoms with Gasteiger partial charge in [0.2, 0.25) is 6.79 Å². The van der Waals surface area contributed by atoms with E-state index in [1.807, 2.05) is 54.1 Å². The van der Waals surface area contributed by atoms with Crippen LogP contribution in [0.3, 0.4) is 0 Å². The molecular formula is C23H23N3O5. The molecule has 5 rings (SSSR count). The molecule has 31 heavy (non-hydrogen) atoms. The Kier molecular flexibility index (Phi) is 5.21. The summed E-state index contributed by atoms with van der Waals surface area (Å²) in [7, 11) is 0. The van der Waals surface area contributed by atoms with Crippen LogP contribution >= 0.6 is 0 Å². The summed E-state index contributed by atoms with van der Waals surface area (Å²) in [6.07, 6.45) is -0.167. The topological polar surface area (TPSA) is 83.8 Å². The van der Waals surface area contributed by atoms with E-state index in [9.17, 15) is 4.79 Å². The number of nitrogens with one attached hydrogen (secondary N) is 1. The number of hydrogen-bond donors (Lipinski definition) is 1. The van der Waals surface area contributed by atoms with Crippen LogP contribution in [0.25, 0.3) is 0 Å². The van der Waals surface area contributed by atoms with Gasteiger partial charge in [-0.1, -0.05) is 18.2 Å². The Morgan fingerprint density at radius 2 is 2.10 bits per heavy atom. The molecule has 1 amide bonds. The number of fused-ring (bicyclic) bond motifs is 2. The molecule has 0 saturated heterocycles. The Bertz CT molecular complexity index is 1110. The second-order valence-electron chi connectivity index (χ2n) is 7.38. The summed E-state index contributed by atoms with van der Waals surface area (Å²) in [5.41, 5.74) is 3.21. The number of benzene rings is 2. The van der Waals surface area contributed by atoms with Crippen molar-refractivity contribution >= 4 is 5.91 Å². The van der Waals surface area contributed by atoms with E-state index in [0.717, 1.165) is 34.1 Å². The molecule has 160 valence electrons. The number of aromatic nitrogens is 2. The predicted octanol–water partition coefficient (Wildman–Crippen LogP) is 3.21. The molecule has 0 bridgehead atoms. The zero-order valence-electron chi connectivity index (χ0n) is 17.2. The molecule has 0 spiro atoms. The summed E-state index contributed by atoms with van der Waals surface area (Å²) < 4.78 is 24.2. The normalized spacial score (nSPS) is 16.6. The third-order valence-electron chi connectivity index (χ3n) is 5.30. The van der Waals surface area contributed by atoms with Crippen LogP contribution in [0, 0.1) is 0 Å². The lowest BCUT2D eigenvalue weighted by Crippen LogP contribution is -2.24. The smallest absolute Gasteiger partial charge is 0.272 e. The fraction of sp³-hybridized carbons (Fsp3) is 0.304. The maximum Gasteiger partial charge on any atom is 0.272 e. The number of carbonyl (C=O) groups excluding carboxylic acids is 1. The zero-order chi connectivity index (χ0) is 21.2. The molecule has 0 saturated carbocycles. The number of rotatable bonds is 6. The average molecular weight is 421 g/mol. The molecule has 0 unspecified atom stereocenters. The highest BCUT2D eigenvalue weighted by Crippen LogP contribution is 2.36. The Hall–Kier alpha value is -3.52. The minimum atomic E-state index is -0.219. The number of hydrogen-bond acceptors (Lipinski definition) is 6. The van der Waals surface area contributed by atoms with Gasteiger partial charge in [-0.05, 0) is 48.4 Å². The lowest BCUT2D eigenvalue weighted by molar-refractivity contribution is -0.00128. The van der Waals surface area contributed by atoms with Crippen LogP contribution in [-0.4, -0.2) is 29.1 Å². The fourth-order valence-electron chi connectivity index (χ4n) is 3.74. The van der Waals surface area contributed by atoms with Gasteiger partial charge in [-0.25, -0.2) is 0 Å². The molecule has 3 aromatic rings. The van der Waals surface area contributed by atoms with Gasteiger partial charge in [0.15, 0.2) is 17.2 Å². The lowest BCUT2D eigenvalue weighted by Gasteiger charge is -2.24. The van der Waals surface area contributed by atoms with E-state index in [2.05, 4.69) is 10.4 Å². The first-order valence-corrected chi connectivity index (χ1v) is 10.3. The number of amides is 1. The van der Waals surface area contributed by atoms with Crippen LogP contribution in [0.2, 0.25) is 0 Å². The van der Waals surface area contributed by atoms with E-state index in [1.54, 1.807) is 6.07 Å². The molecule has 0 aliphatic carbocycles. The Morgan fingerprint density at radius 1 is 1.19 bits per heavy atom. The standard InChI is InChI=1S/C23H23N3O5/c1-2-28-18-5-3-4-15(8-18)11-24-23(27)19-10-17-13-29-22(12-26(17)25-19)16-6-7-20-21(9-16)31-14-30-20/h3-10,22H,2,11-14H2,1H3,(H,24,27)/t22-/m0/s1. The van der Waals surface area contributed by atoms with Crippen molar-refractivity contribution in [1.82, 2.24) is 15.1 Å². The zero-order valence-corrected chi connectivity index (χ0v) is 17.2. The second-order valence-corrected chi connectivity index (χ2v) is 7.38. The highest BCUT2D eigenvalue weighted by Gasteiger charge is 2.25. The Balaban J connectivity index is 1.24. The van der Waals surface area contributed by atoms with Gasteiger partial charge < -0.3 is 24.3 Å². The first-order chi connectivity index (χ1) is 15.2. The first kappa shape index (κ1) is 19.4. The highest BCUT2D eigenvalue weighted by atomic mass is 16.7. The highest BCUT2D eigenvalue weighted by molar-refractivity contribution is 5.92. The van der Waals surface area contributed by atoms with Crippen LogP contribution in [0.4, 0.5) is 0 Å². The monoisotopic (exact) mass is 421 g/mol. The molecule has 1 atom stereocenters. The van der Waals surface area contributed by atoms with Crippen molar-refractivity contribution in [3.8, 4) is 17.2 Å². The maximum atomic E-state index is 12.6. The van der Waals surface area contributed by atoms with Crippen molar-refractivity contribution in [2.75, 3.05) is 13.4 Å². The molecule has 8 heteroatoms. The molecule has 1 N–H and O–H groups in total. The van der Waals surface area contributed by atoms with E-state index in [0.29, 0.717) is 32.0 Å². The lowest BCUT2D eigenvalue weighted by atomic mass is 10.1. The number of ether oxygens (including phenoxy) is 4. The van der Waals surface area contributed by atoms with Gasteiger partial charge in [-0.2, -0.15) is 5.10 Å². The summed E-state index contributed by atoms with van der Waals surface area (Å²) >= 11 is 0. The van der Waals surface area contributed by atoms with Crippen LogP contribution in [0.5, 0.6) is 17.2 Å². The Labute approximate surface area is 179 Å². The van der Waals surface area contributed by atoms with E-state index < -0.39 is 0 Å². The molecule has 2 aliphatic heterocycles. The maximum absolute atomic E-state index is 12.6. The van der Waals surface area contributed by atoms with Crippen molar-refractivity contribution in [2.45, 2.75) is 32.7 Å². The van der Waals surface area contributed by atoms with Gasteiger partial charge in [0.25, 0.3) is 5.91 Å². The summed E-state index contributed by atoms with van der Waals surface area (Å²) in [4.78, 5) is 12.6. The molecule has 3 heterocycles. The SMILES string of the molecule is CCOc1cccc(CNC(=O)c2cc3n(n2)C[C@@H](c2ccc4c(c2)OCO4)OC3)c1. The molecule has 2 aliphatic rings. The molecule has 0 fully saturated rings. The van der Waals surface area contributed by atoms with Gasteiger partial charge in [0, 0.05) is 6.54 Å². The van der Waals surface area contributed by atoms with E-state index in [-0.39, 0.29) is 18.8 Å². The number of carbonyl (C=O) groups is 1. The van der Waals surface area contributed by atoms with Crippen LogP contribution in [0.1, 0.15) is 40.3 Å². The fourth-order valence-corrected chi connectivity index (χ4v) is 3.74. The summed E-state index contributed by atoms with van der Waals surface area (Å²) in [6, 6.07) is 15.3. The predicted molar refractivity (Wildman–Crippen MR) is 111 cm³/mol. The first-order valence-electron chi connectivity index (χ1n) is 10.3. The third-order valence-corrected chi connectivity index (χ3v) is 5.30. The van der Waals surface area contributed by atoms with E-state index in [1.165, 1.54) is 0 Å².